The summed E-state index contributed by atoms with van der Waals surface area (Å²) in [4.78, 5) is 16.8. The lowest BCUT2D eigenvalue weighted by molar-refractivity contribution is 0.102. The molecule has 1 amide bonds. The standard InChI is InChI=1S/C17H15ClN2O3S/c1-9-6-12(15(22-3)7-11(9)18)19-16(21)13-8-24-17(20-13)14-5-4-10(2)23-14/h4-8H,1-3H3,(H,19,21). The van der Waals surface area contributed by atoms with Crippen molar-refractivity contribution in [3.8, 4) is 16.5 Å². The van der Waals surface area contributed by atoms with Crippen molar-refractivity contribution in [2.45, 2.75) is 13.8 Å². The molecule has 0 bridgehead atoms. The van der Waals surface area contributed by atoms with Gasteiger partial charge in [0, 0.05) is 16.5 Å². The number of halogens is 1. The second kappa shape index (κ2) is 6.67. The smallest absolute Gasteiger partial charge is 0.275 e. The highest BCUT2D eigenvalue weighted by Crippen LogP contribution is 2.32. The minimum atomic E-state index is -0.319. The van der Waals surface area contributed by atoms with Gasteiger partial charge in [-0.1, -0.05) is 11.6 Å². The maximum atomic E-state index is 12.4. The van der Waals surface area contributed by atoms with Gasteiger partial charge in [0.05, 0.1) is 12.8 Å². The Hall–Kier alpha value is -2.31. The van der Waals surface area contributed by atoms with E-state index < -0.39 is 0 Å². The number of nitrogens with one attached hydrogen (secondary N) is 1. The van der Waals surface area contributed by atoms with E-state index in [9.17, 15) is 4.79 Å². The maximum Gasteiger partial charge on any atom is 0.275 e. The van der Waals surface area contributed by atoms with Crippen molar-refractivity contribution in [3.05, 3.63) is 51.7 Å². The van der Waals surface area contributed by atoms with Crippen molar-refractivity contribution in [3.63, 3.8) is 0 Å². The van der Waals surface area contributed by atoms with Gasteiger partial charge < -0.3 is 14.5 Å². The molecule has 0 aliphatic rings. The molecule has 0 atom stereocenters. The summed E-state index contributed by atoms with van der Waals surface area (Å²) in [6.07, 6.45) is 0. The molecule has 0 aliphatic heterocycles. The van der Waals surface area contributed by atoms with Crippen LogP contribution in [0.1, 0.15) is 21.8 Å². The number of hydrogen-bond donors (Lipinski definition) is 1. The third-order valence-corrected chi connectivity index (χ3v) is 4.68. The van der Waals surface area contributed by atoms with Gasteiger partial charge in [-0.3, -0.25) is 4.79 Å². The third-order valence-electron chi connectivity index (χ3n) is 3.42. The van der Waals surface area contributed by atoms with Crippen molar-refractivity contribution < 1.29 is 13.9 Å². The van der Waals surface area contributed by atoms with Gasteiger partial charge in [-0.2, -0.15) is 0 Å². The molecule has 0 radical (unpaired) electrons. The molecule has 1 aromatic carbocycles. The summed E-state index contributed by atoms with van der Waals surface area (Å²) < 4.78 is 10.8. The van der Waals surface area contributed by atoms with Gasteiger partial charge in [0.2, 0.25) is 0 Å². The number of thiazole rings is 1. The molecule has 3 rings (SSSR count). The fourth-order valence-electron chi connectivity index (χ4n) is 2.16. The Morgan fingerprint density at radius 3 is 2.79 bits per heavy atom. The highest BCUT2D eigenvalue weighted by atomic mass is 35.5. The first-order valence-electron chi connectivity index (χ1n) is 7.15. The lowest BCUT2D eigenvalue weighted by atomic mass is 10.2. The quantitative estimate of drug-likeness (QED) is 0.714. The summed E-state index contributed by atoms with van der Waals surface area (Å²) in [5, 5.41) is 5.74. The number of nitrogens with zero attached hydrogens (tertiary/aromatic N) is 1. The Bertz CT molecular complexity index is 901. The fraction of sp³-hybridized carbons (Fsp3) is 0.176. The number of hydrogen-bond acceptors (Lipinski definition) is 5. The van der Waals surface area contributed by atoms with Crippen molar-refractivity contribution >= 4 is 34.5 Å². The number of amides is 1. The van der Waals surface area contributed by atoms with E-state index in [0.717, 1.165) is 11.3 Å². The van der Waals surface area contributed by atoms with E-state index in [1.807, 2.05) is 26.0 Å². The van der Waals surface area contributed by atoms with Crippen LogP contribution in [0.25, 0.3) is 10.8 Å². The molecule has 0 aliphatic carbocycles. The lowest BCUT2D eigenvalue weighted by Crippen LogP contribution is -2.13. The largest absolute Gasteiger partial charge is 0.495 e. The van der Waals surface area contributed by atoms with Gasteiger partial charge >= 0.3 is 0 Å². The number of aromatic nitrogens is 1. The Kier molecular flexibility index (Phi) is 4.59. The lowest BCUT2D eigenvalue weighted by Gasteiger charge is -2.11. The highest BCUT2D eigenvalue weighted by Gasteiger charge is 2.16. The van der Waals surface area contributed by atoms with Crippen LogP contribution in [0.15, 0.2) is 34.1 Å². The molecule has 0 saturated carbocycles. The first-order chi connectivity index (χ1) is 11.5. The van der Waals surface area contributed by atoms with Gasteiger partial charge in [0.1, 0.15) is 17.2 Å². The molecule has 124 valence electrons. The topological polar surface area (TPSA) is 64.4 Å². The van der Waals surface area contributed by atoms with Crippen LogP contribution in [-0.2, 0) is 0 Å². The molecular formula is C17H15ClN2O3S. The second-order valence-corrected chi connectivity index (χ2v) is 6.47. The predicted octanol–water partition coefficient (Wildman–Crippen LogP) is 4.93. The van der Waals surface area contributed by atoms with E-state index in [-0.39, 0.29) is 5.91 Å². The van der Waals surface area contributed by atoms with Crippen LogP contribution < -0.4 is 10.1 Å². The summed E-state index contributed by atoms with van der Waals surface area (Å²) in [7, 11) is 1.52. The molecule has 5 nitrogen and oxygen atoms in total. The summed E-state index contributed by atoms with van der Waals surface area (Å²) in [5.74, 6) is 1.63. The number of furan rings is 1. The van der Waals surface area contributed by atoms with E-state index >= 15 is 0 Å². The van der Waals surface area contributed by atoms with Gasteiger partial charge in [0.25, 0.3) is 5.91 Å². The Morgan fingerprint density at radius 1 is 1.33 bits per heavy atom. The normalized spacial score (nSPS) is 10.7. The van der Waals surface area contributed by atoms with Gasteiger partial charge in [-0.25, -0.2) is 4.98 Å². The summed E-state index contributed by atoms with van der Waals surface area (Å²) in [6, 6.07) is 7.13. The van der Waals surface area contributed by atoms with Gasteiger partial charge in [-0.15, -0.1) is 11.3 Å². The number of ether oxygens (including phenoxy) is 1. The minimum absolute atomic E-state index is 0.318. The molecule has 24 heavy (non-hydrogen) atoms. The monoisotopic (exact) mass is 362 g/mol. The molecule has 2 aromatic heterocycles. The molecule has 2 heterocycles. The van der Waals surface area contributed by atoms with Crippen molar-refractivity contribution in [2.75, 3.05) is 12.4 Å². The van der Waals surface area contributed by atoms with Crippen molar-refractivity contribution in [2.24, 2.45) is 0 Å². The predicted molar refractivity (Wildman–Crippen MR) is 95.2 cm³/mol. The van der Waals surface area contributed by atoms with Gasteiger partial charge in [-0.05, 0) is 37.6 Å². The van der Waals surface area contributed by atoms with E-state index in [2.05, 4.69) is 10.3 Å². The summed E-state index contributed by atoms with van der Waals surface area (Å²) in [6.45, 7) is 3.72. The van der Waals surface area contributed by atoms with E-state index in [1.165, 1.54) is 18.4 Å². The van der Waals surface area contributed by atoms with Crippen LogP contribution in [0.4, 0.5) is 5.69 Å². The first-order valence-corrected chi connectivity index (χ1v) is 8.41. The molecule has 0 fully saturated rings. The Morgan fingerprint density at radius 2 is 2.12 bits per heavy atom. The number of benzene rings is 1. The summed E-state index contributed by atoms with van der Waals surface area (Å²) >= 11 is 7.43. The number of carbonyl (C=O) groups excluding carboxylic acids is 1. The number of carbonyl (C=O) groups is 1. The first kappa shape index (κ1) is 16.5. The van der Waals surface area contributed by atoms with Crippen molar-refractivity contribution in [1.82, 2.24) is 4.98 Å². The highest BCUT2D eigenvalue weighted by molar-refractivity contribution is 7.13. The zero-order valence-corrected chi connectivity index (χ0v) is 14.9. The summed E-state index contributed by atoms with van der Waals surface area (Å²) in [5.41, 5.74) is 1.71. The molecule has 0 unspecified atom stereocenters. The molecule has 7 heteroatoms. The van der Waals surface area contributed by atoms with Crippen LogP contribution in [0.5, 0.6) is 5.75 Å². The Labute approximate surface area is 148 Å². The van der Waals surface area contributed by atoms with E-state index in [4.69, 9.17) is 20.8 Å². The third kappa shape index (κ3) is 3.29. The average molecular weight is 363 g/mol. The molecule has 0 spiro atoms. The van der Waals surface area contributed by atoms with Crippen LogP contribution in [0, 0.1) is 13.8 Å². The van der Waals surface area contributed by atoms with Crippen LogP contribution in [0.3, 0.4) is 0 Å². The minimum Gasteiger partial charge on any atom is -0.495 e. The zero-order chi connectivity index (χ0) is 17.3. The van der Waals surface area contributed by atoms with Gasteiger partial charge in [0.15, 0.2) is 10.8 Å². The SMILES string of the molecule is COc1cc(Cl)c(C)cc1NC(=O)c1csc(-c2ccc(C)o2)n1. The molecule has 0 saturated heterocycles. The zero-order valence-electron chi connectivity index (χ0n) is 13.3. The number of methoxy groups -OCH3 is 1. The van der Waals surface area contributed by atoms with Crippen LogP contribution in [-0.4, -0.2) is 18.0 Å². The maximum absolute atomic E-state index is 12.4. The molecular weight excluding hydrogens is 348 g/mol. The van der Waals surface area contributed by atoms with Crippen LogP contribution >= 0.6 is 22.9 Å². The second-order valence-electron chi connectivity index (χ2n) is 5.20. The van der Waals surface area contributed by atoms with Crippen molar-refractivity contribution in [1.29, 1.82) is 0 Å². The van der Waals surface area contributed by atoms with Crippen LogP contribution in [0.2, 0.25) is 5.02 Å². The fourth-order valence-corrected chi connectivity index (χ4v) is 3.07. The number of anilines is 1. The Balaban J connectivity index is 1.83. The van der Waals surface area contributed by atoms with E-state index in [1.54, 1.807) is 17.5 Å². The number of rotatable bonds is 4. The average Bonchev–Trinajstić information content (AvgIpc) is 3.19. The molecule has 1 N–H and O–H groups in total. The van der Waals surface area contributed by atoms with E-state index in [0.29, 0.717) is 32.9 Å². The molecule has 3 aromatic rings. The number of aryl methyl sites for hydroxylation is 2.